The van der Waals surface area contributed by atoms with E-state index < -0.39 is 18.1 Å². The van der Waals surface area contributed by atoms with E-state index in [2.05, 4.69) is 27.2 Å². The molecule has 0 saturated carbocycles. The van der Waals surface area contributed by atoms with Crippen LogP contribution in [0.15, 0.2) is 59.0 Å². The summed E-state index contributed by atoms with van der Waals surface area (Å²) in [4.78, 5) is 27.0. The Kier molecular flexibility index (Phi) is 6.84. The number of benzene rings is 2. The second-order valence-corrected chi connectivity index (χ2v) is 7.78. The van der Waals surface area contributed by atoms with E-state index in [9.17, 15) is 9.59 Å². The van der Waals surface area contributed by atoms with Crippen LogP contribution in [0, 0.1) is 6.92 Å². The largest absolute Gasteiger partial charge is 0.493 e. The molecular formula is C25H26N2O5. The number of oxazole rings is 1. The first kappa shape index (κ1) is 21.6. The summed E-state index contributed by atoms with van der Waals surface area (Å²) in [6.07, 6.45) is 3.28. The van der Waals surface area contributed by atoms with Gasteiger partial charge in [0.05, 0.1) is 12.3 Å². The fourth-order valence-electron chi connectivity index (χ4n) is 3.64. The van der Waals surface area contributed by atoms with E-state index >= 15 is 0 Å². The maximum absolute atomic E-state index is 11.4. The highest BCUT2D eigenvalue weighted by atomic mass is 16.6. The summed E-state index contributed by atoms with van der Waals surface area (Å²) in [5.41, 5.74) is 3.07. The molecule has 32 heavy (non-hydrogen) atoms. The van der Waals surface area contributed by atoms with Gasteiger partial charge in [-0.15, -0.1) is 0 Å². The number of alkyl carbamates (subject to hydrolysis) is 1. The lowest BCUT2D eigenvalue weighted by Crippen LogP contribution is -2.28. The molecule has 1 unspecified atom stereocenters. The van der Waals surface area contributed by atoms with Crippen molar-refractivity contribution in [2.24, 2.45) is 0 Å². The van der Waals surface area contributed by atoms with Crippen molar-refractivity contribution in [1.29, 1.82) is 0 Å². The standard InChI is InChI=1S/C25H26N2O5/c1-17-21(26-23(31-17)19-8-3-2-4-9-19)15-16-30-20-13-11-18(12-14-20)7-5-6-10-22-24(28)32-25(29)27-22/h2-4,8-9,11-14,22H,5-7,10,15-16H2,1H3,(H,27,29). The molecule has 7 nitrogen and oxygen atoms in total. The van der Waals surface area contributed by atoms with Gasteiger partial charge in [-0.25, -0.2) is 14.6 Å². The summed E-state index contributed by atoms with van der Waals surface area (Å²) in [5, 5.41) is 2.52. The van der Waals surface area contributed by atoms with Crippen LogP contribution >= 0.6 is 0 Å². The Morgan fingerprint density at radius 3 is 2.50 bits per heavy atom. The third-order valence-electron chi connectivity index (χ3n) is 5.42. The zero-order chi connectivity index (χ0) is 22.3. The minimum absolute atomic E-state index is 0.478. The number of cyclic esters (lactones) is 2. The third kappa shape index (κ3) is 5.55. The van der Waals surface area contributed by atoms with Gasteiger partial charge >= 0.3 is 12.1 Å². The van der Waals surface area contributed by atoms with Crippen molar-refractivity contribution in [3.05, 3.63) is 71.6 Å². The van der Waals surface area contributed by atoms with Gasteiger partial charge in [-0.1, -0.05) is 36.8 Å². The van der Waals surface area contributed by atoms with Gasteiger partial charge in [0.1, 0.15) is 17.6 Å². The molecule has 166 valence electrons. The zero-order valence-electron chi connectivity index (χ0n) is 18.0. The number of esters is 1. The molecule has 0 spiro atoms. The van der Waals surface area contributed by atoms with Gasteiger partial charge in [-0.2, -0.15) is 0 Å². The monoisotopic (exact) mass is 434 g/mol. The van der Waals surface area contributed by atoms with E-state index in [0.717, 1.165) is 42.0 Å². The van der Waals surface area contributed by atoms with Crippen LogP contribution in [0.4, 0.5) is 4.79 Å². The Morgan fingerprint density at radius 1 is 1.00 bits per heavy atom. The predicted octanol–water partition coefficient (Wildman–Crippen LogP) is 4.62. The summed E-state index contributed by atoms with van der Waals surface area (Å²) in [6.45, 7) is 2.44. The average molecular weight is 434 g/mol. The first-order valence-corrected chi connectivity index (χ1v) is 10.8. The summed E-state index contributed by atoms with van der Waals surface area (Å²) < 4.78 is 16.2. The summed E-state index contributed by atoms with van der Waals surface area (Å²) in [5.74, 6) is 1.78. The maximum atomic E-state index is 11.4. The minimum Gasteiger partial charge on any atom is -0.493 e. The SMILES string of the molecule is Cc1oc(-c2ccccc2)nc1CCOc1ccc(CCCCC2NC(=O)OC2=O)cc1. The van der Waals surface area contributed by atoms with Crippen LogP contribution in [-0.4, -0.2) is 29.7 Å². The van der Waals surface area contributed by atoms with Gasteiger partial charge in [-0.05, 0) is 56.0 Å². The van der Waals surface area contributed by atoms with Gasteiger partial charge in [-0.3, -0.25) is 0 Å². The van der Waals surface area contributed by atoms with E-state index in [1.165, 1.54) is 5.56 Å². The number of carbonyl (C=O) groups is 2. The molecule has 1 aromatic heterocycles. The molecule has 1 N–H and O–H groups in total. The van der Waals surface area contributed by atoms with Crippen molar-refractivity contribution in [1.82, 2.24) is 10.3 Å². The summed E-state index contributed by atoms with van der Waals surface area (Å²) >= 11 is 0. The number of hydrogen-bond acceptors (Lipinski definition) is 6. The first-order chi connectivity index (χ1) is 15.6. The number of aromatic nitrogens is 1. The normalized spacial score (nSPS) is 15.5. The lowest BCUT2D eigenvalue weighted by atomic mass is 10.0. The van der Waals surface area contributed by atoms with E-state index in [0.29, 0.717) is 25.3 Å². The molecule has 1 amide bonds. The number of nitrogens with one attached hydrogen (secondary N) is 1. The predicted molar refractivity (Wildman–Crippen MR) is 118 cm³/mol. The third-order valence-corrected chi connectivity index (χ3v) is 5.42. The van der Waals surface area contributed by atoms with Crippen molar-refractivity contribution < 1.29 is 23.5 Å². The van der Waals surface area contributed by atoms with Crippen LogP contribution in [0.1, 0.15) is 36.3 Å². The number of nitrogens with zero attached hydrogens (tertiary/aromatic N) is 1. The summed E-state index contributed by atoms with van der Waals surface area (Å²) in [6, 6.07) is 17.4. The lowest BCUT2D eigenvalue weighted by Gasteiger charge is -2.08. The van der Waals surface area contributed by atoms with Gasteiger partial charge in [0.15, 0.2) is 0 Å². The Labute approximate surface area is 186 Å². The van der Waals surface area contributed by atoms with E-state index in [1.807, 2.05) is 49.4 Å². The molecule has 2 heterocycles. The minimum atomic E-state index is -0.647. The highest BCUT2D eigenvalue weighted by molar-refractivity contribution is 5.95. The molecule has 0 radical (unpaired) electrons. The molecule has 1 fully saturated rings. The second kappa shape index (κ2) is 10.1. The zero-order valence-corrected chi connectivity index (χ0v) is 18.0. The Balaban J connectivity index is 1.19. The van der Waals surface area contributed by atoms with Crippen LogP contribution in [0.2, 0.25) is 0 Å². The van der Waals surface area contributed by atoms with E-state index in [1.54, 1.807) is 0 Å². The molecule has 0 aliphatic carbocycles. The molecule has 0 bridgehead atoms. The van der Waals surface area contributed by atoms with Crippen LogP contribution in [-0.2, 0) is 22.4 Å². The number of aryl methyl sites for hydroxylation is 2. The smallest absolute Gasteiger partial charge is 0.415 e. The molecule has 7 heteroatoms. The second-order valence-electron chi connectivity index (χ2n) is 7.78. The topological polar surface area (TPSA) is 90.7 Å². The number of unbranched alkanes of at least 4 members (excludes halogenated alkanes) is 1. The van der Waals surface area contributed by atoms with Gasteiger partial charge in [0.25, 0.3) is 0 Å². The van der Waals surface area contributed by atoms with E-state index in [4.69, 9.17) is 9.15 Å². The number of rotatable bonds is 10. The molecular weight excluding hydrogens is 408 g/mol. The Morgan fingerprint density at radius 2 is 1.78 bits per heavy atom. The van der Waals surface area contributed by atoms with Gasteiger partial charge < -0.3 is 19.2 Å². The molecule has 4 rings (SSSR count). The van der Waals surface area contributed by atoms with Crippen LogP contribution in [0.3, 0.4) is 0 Å². The lowest BCUT2D eigenvalue weighted by molar-refractivity contribution is -0.135. The molecule has 1 atom stereocenters. The average Bonchev–Trinajstić information content (AvgIpc) is 3.33. The maximum Gasteiger partial charge on any atom is 0.415 e. The Hall–Kier alpha value is -3.61. The number of amides is 1. The molecule has 1 aliphatic heterocycles. The first-order valence-electron chi connectivity index (χ1n) is 10.8. The molecule has 1 saturated heterocycles. The Bertz CT molecular complexity index is 1060. The molecule has 3 aromatic rings. The fraction of sp³-hybridized carbons (Fsp3) is 0.320. The quantitative estimate of drug-likeness (QED) is 0.284. The fourth-order valence-corrected chi connectivity index (χ4v) is 3.64. The molecule has 1 aliphatic rings. The van der Waals surface area contributed by atoms with Crippen molar-refractivity contribution in [2.75, 3.05) is 6.61 Å². The molecule has 2 aromatic carbocycles. The van der Waals surface area contributed by atoms with Crippen LogP contribution in [0.25, 0.3) is 11.5 Å². The summed E-state index contributed by atoms with van der Waals surface area (Å²) in [7, 11) is 0. The highest BCUT2D eigenvalue weighted by Gasteiger charge is 2.31. The van der Waals surface area contributed by atoms with E-state index in [-0.39, 0.29) is 0 Å². The van der Waals surface area contributed by atoms with Gasteiger partial charge in [0.2, 0.25) is 5.89 Å². The van der Waals surface area contributed by atoms with Crippen LogP contribution in [0.5, 0.6) is 5.75 Å². The number of hydrogen-bond donors (Lipinski definition) is 1. The number of carbonyl (C=O) groups excluding carboxylic acids is 2. The van der Waals surface area contributed by atoms with Crippen LogP contribution < -0.4 is 10.1 Å². The van der Waals surface area contributed by atoms with Crippen molar-refractivity contribution in [3.8, 4) is 17.2 Å². The number of ether oxygens (including phenoxy) is 2. The highest BCUT2D eigenvalue weighted by Crippen LogP contribution is 2.22. The van der Waals surface area contributed by atoms with Crippen molar-refractivity contribution in [3.63, 3.8) is 0 Å². The van der Waals surface area contributed by atoms with Crippen molar-refractivity contribution in [2.45, 2.75) is 45.1 Å². The van der Waals surface area contributed by atoms with Gasteiger partial charge in [0, 0.05) is 12.0 Å². The van der Waals surface area contributed by atoms with Crippen molar-refractivity contribution >= 4 is 12.1 Å².